The lowest BCUT2D eigenvalue weighted by molar-refractivity contribution is -0.0228. The zero-order valence-corrected chi connectivity index (χ0v) is 15.0. The van der Waals surface area contributed by atoms with E-state index in [2.05, 4.69) is 16.4 Å². The van der Waals surface area contributed by atoms with Crippen molar-refractivity contribution in [3.05, 3.63) is 59.3 Å². The van der Waals surface area contributed by atoms with Crippen molar-refractivity contribution in [1.29, 1.82) is 5.26 Å². The second-order valence-corrected chi connectivity index (χ2v) is 6.55. The number of hydrogen-bond acceptors (Lipinski definition) is 5. The average molecular weight is 350 g/mol. The van der Waals surface area contributed by atoms with Crippen molar-refractivity contribution in [3.8, 4) is 6.07 Å². The Kier molecular flexibility index (Phi) is 5.49. The van der Waals surface area contributed by atoms with E-state index in [0.717, 1.165) is 5.56 Å². The monoisotopic (exact) mass is 350 g/mol. The molecule has 0 spiro atoms. The third-order valence-corrected chi connectivity index (χ3v) is 4.20. The van der Waals surface area contributed by atoms with E-state index < -0.39 is 0 Å². The molecule has 1 aromatic heterocycles. The molecule has 1 aliphatic rings. The Bertz CT molecular complexity index is 829. The van der Waals surface area contributed by atoms with Crippen molar-refractivity contribution in [2.75, 3.05) is 25.0 Å². The summed E-state index contributed by atoms with van der Waals surface area (Å²) >= 11 is 0. The topological polar surface area (TPSA) is 78.2 Å². The van der Waals surface area contributed by atoms with Crippen LogP contribution in [-0.4, -0.2) is 41.5 Å². The predicted octanol–water partition coefficient (Wildman–Crippen LogP) is 2.99. The number of carbonyl (C=O) groups excluding carboxylic acids is 1. The van der Waals surface area contributed by atoms with Crippen LogP contribution in [0.2, 0.25) is 0 Å². The van der Waals surface area contributed by atoms with Gasteiger partial charge in [0.05, 0.1) is 30.3 Å². The molecule has 2 heterocycles. The zero-order valence-electron chi connectivity index (χ0n) is 15.0. The molecule has 26 heavy (non-hydrogen) atoms. The fraction of sp³-hybridized carbons (Fsp3) is 0.350. The third kappa shape index (κ3) is 4.01. The van der Waals surface area contributed by atoms with Crippen molar-refractivity contribution >= 4 is 11.7 Å². The lowest BCUT2D eigenvalue weighted by Crippen LogP contribution is -2.42. The van der Waals surface area contributed by atoms with Crippen LogP contribution in [0.15, 0.2) is 42.6 Å². The molecular weight excluding hydrogens is 328 g/mol. The van der Waals surface area contributed by atoms with E-state index in [1.807, 2.05) is 32.0 Å². The summed E-state index contributed by atoms with van der Waals surface area (Å²) in [5.74, 6) is 0.535. The van der Waals surface area contributed by atoms with Crippen LogP contribution in [0.1, 0.15) is 41.4 Å². The van der Waals surface area contributed by atoms with E-state index in [0.29, 0.717) is 36.6 Å². The van der Waals surface area contributed by atoms with Gasteiger partial charge >= 0.3 is 0 Å². The van der Waals surface area contributed by atoms with Gasteiger partial charge in [0.1, 0.15) is 11.9 Å². The summed E-state index contributed by atoms with van der Waals surface area (Å²) in [6.07, 6.45) is 1.44. The highest BCUT2D eigenvalue weighted by molar-refractivity contribution is 5.98. The number of ether oxygens (including phenoxy) is 1. The second-order valence-electron chi connectivity index (χ2n) is 6.55. The number of morpholine rings is 1. The number of carbonyl (C=O) groups is 1. The van der Waals surface area contributed by atoms with Crippen LogP contribution in [0.4, 0.5) is 5.82 Å². The number of anilines is 1. The van der Waals surface area contributed by atoms with Crippen LogP contribution >= 0.6 is 0 Å². The van der Waals surface area contributed by atoms with Crippen LogP contribution in [0.5, 0.6) is 0 Å². The van der Waals surface area contributed by atoms with Crippen LogP contribution in [-0.2, 0) is 4.74 Å². The minimum atomic E-state index is -0.237. The molecule has 1 aromatic carbocycles. The number of nitrogens with zero attached hydrogens (tertiary/aromatic N) is 3. The van der Waals surface area contributed by atoms with E-state index in [9.17, 15) is 4.79 Å². The highest BCUT2D eigenvalue weighted by Gasteiger charge is 2.27. The average Bonchev–Trinajstić information content (AvgIpc) is 2.67. The summed E-state index contributed by atoms with van der Waals surface area (Å²) < 4.78 is 5.84. The van der Waals surface area contributed by atoms with Crippen molar-refractivity contribution in [2.45, 2.75) is 26.0 Å². The predicted molar refractivity (Wildman–Crippen MR) is 98.7 cm³/mol. The molecule has 1 fully saturated rings. The van der Waals surface area contributed by atoms with Gasteiger partial charge in [0, 0.05) is 18.8 Å². The Labute approximate surface area is 153 Å². The Hall–Kier alpha value is -2.91. The third-order valence-electron chi connectivity index (χ3n) is 4.20. The fourth-order valence-electron chi connectivity index (χ4n) is 2.98. The number of hydrogen-bond donors (Lipinski definition) is 1. The molecule has 0 saturated carbocycles. The van der Waals surface area contributed by atoms with E-state index in [1.165, 1.54) is 0 Å². The molecule has 1 unspecified atom stereocenters. The number of pyridine rings is 1. The Morgan fingerprint density at radius 2 is 2.23 bits per heavy atom. The van der Waals surface area contributed by atoms with Crippen LogP contribution in [0.25, 0.3) is 0 Å². The minimum absolute atomic E-state index is 0.0639. The van der Waals surface area contributed by atoms with Gasteiger partial charge in [-0.2, -0.15) is 5.26 Å². The lowest BCUT2D eigenvalue weighted by Gasteiger charge is -2.33. The molecule has 1 saturated heterocycles. The number of nitrogens with one attached hydrogen (secondary N) is 1. The maximum Gasteiger partial charge on any atom is 0.257 e. The zero-order chi connectivity index (χ0) is 18.5. The molecule has 1 amide bonds. The Balaban J connectivity index is 1.79. The number of benzene rings is 1. The summed E-state index contributed by atoms with van der Waals surface area (Å²) in [6.45, 7) is 5.46. The number of nitriles is 1. The van der Waals surface area contributed by atoms with Crippen molar-refractivity contribution < 1.29 is 9.53 Å². The molecule has 0 radical (unpaired) electrons. The van der Waals surface area contributed by atoms with E-state index in [1.54, 1.807) is 29.3 Å². The molecule has 6 nitrogen and oxygen atoms in total. The van der Waals surface area contributed by atoms with E-state index in [4.69, 9.17) is 10.00 Å². The first-order valence-electron chi connectivity index (χ1n) is 8.71. The summed E-state index contributed by atoms with van der Waals surface area (Å²) in [6, 6.07) is 13.2. The SMILES string of the molecule is CC(C)Nc1ncccc1C(=O)N1CCOC(c2cccc(C#N)c2)C1. The van der Waals surface area contributed by atoms with Gasteiger partial charge in [-0.15, -0.1) is 0 Å². The summed E-state index contributed by atoms with van der Waals surface area (Å²) in [5.41, 5.74) is 2.06. The van der Waals surface area contributed by atoms with Crippen molar-refractivity contribution in [3.63, 3.8) is 0 Å². The normalized spacial score (nSPS) is 17.0. The molecule has 0 aliphatic carbocycles. The maximum atomic E-state index is 13.0. The number of rotatable bonds is 4. The van der Waals surface area contributed by atoms with Gasteiger partial charge in [-0.25, -0.2) is 4.98 Å². The van der Waals surface area contributed by atoms with Crippen molar-refractivity contribution in [1.82, 2.24) is 9.88 Å². The first-order valence-corrected chi connectivity index (χ1v) is 8.71. The Morgan fingerprint density at radius 1 is 1.38 bits per heavy atom. The Morgan fingerprint density at radius 3 is 3.00 bits per heavy atom. The van der Waals surface area contributed by atoms with Crippen LogP contribution < -0.4 is 5.32 Å². The van der Waals surface area contributed by atoms with Gasteiger partial charge < -0.3 is 15.0 Å². The highest BCUT2D eigenvalue weighted by Crippen LogP contribution is 2.25. The molecule has 2 aromatic rings. The van der Waals surface area contributed by atoms with Gasteiger partial charge in [0.2, 0.25) is 0 Å². The second kappa shape index (κ2) is 7.98. The number of aromatic nitrogens is 1. The molecule has 0 bridgehead atoms. The van der Waals surface area contributed by atoms with Gasteiger partial charge in [-0.3, -0.25) is 4.79 Å². The molecule has 1 atom stereocenters. The van der Waals surface area contributed by atoms with Gasteiger partial charge in [-0.1, -0.05) is 12.1 Å². The summed E-state index contributed by atoms with van der Waals surface area (Å²) in [5, 5.41) is 12.3. The highest BCUT2D eigenvalue weighted by atomic mass is 16.5. The molecule has 6 heteroatoms. The van der Waals surface area contributed by atoms with Gasteiger partial charge in [-0.05, 0) is 43.7 Å². The van der Waals surface area contributed by atoms with Crippen LogP contribution in [0, 0.1) is 11.3 Å². The molecule has 134 valence electrons. The quantitative estimate of drug-likeness (QED) is 0.917. The van der Waals surface area contributed by atoms with Crippen LogP contribution in [0.3, 0.4) is 0 Å². The lowest BCUT2D eigenvalue weighted by atomic mass is 10.0. The minimum Gasteiger partial charge on any atom is -0.370 e. The molecule has 1 aliphatic heterocycles. The summed E-state index contributed by atoms with van der Waals surface area (Å²) in [7, 11) is 0. The van der Waals surface area contributed by atoms with E-state index >= 15 is 0 Å². The van der Waals surface area contributed by atoms with Gasteiger partial charge in [0.15, 0.2) is 0 Å². The molecule has 1 N–H and O–H groups in total. The number of amides is 1. The maximum absolute atomic E-state index is 13.0. The smallest absolute Gasteiger partial charge is 0.257 e. The standard InChI is InChI=1S/C20H22N4O2/c1-14(2)23-19-17(7-4-8-22-19)20(25)24-9-10-26-18(13-24)16-6-3-5-15(11-16)12-21/h3-8,11,14,18H,9-10,13H2,1-2H3,(H,22,23). The fourth-order valence-corrected chi connectivity index (χ4v) is 2.98. The molecular formula is C20H22N4O2. The van der Waals surface area contributed by atoms with E-state index in [-0.39, 0.29) is 18.1 Å². The first kappa shape index (κ1) is 17.9. The molecule has 3 rings (SSSR count). The first-order chi connectivity index (χ1) is 12.6. The summed E-state index contributed by atoms with van der Waals surface area (Å²) in [4.78, 5) is 19.1. The largest absolute Gasteiger partial charge is 0.370 e. The van der Waals surface area contributed by atoms with Crippen molar-refractivity contribution in [2.24, 2.45) is 0 Å². The van der Waals surface area contributed by atoms with Gasteiger partial charge in [0.25, 0.3) is 5.91 Å².